The van der Waals surface area contributed by atoms with Crippen LogP contribution in [0, 0.1) is 16.7 Å². The number of aryl methyl sites for hydroxylation is 1. The molecular formula is C24H29N5O2S. The third kappa shape index (κ3) is 4.54. The molecule has 1 aliphatic heterocycles. The second kappa shape index (κ2) is 8.64. The molecule has 0 amide bonds. The Bertz CT molecular complexity index is 1280. The number of pyridine rings is 1. The molecule has 2 aromatic heterocycles. The summed E-state index contributed by atoms with van der Waals surface area (Å²) in [7, 11) is 1.03. The first-order valence-corrected chi connectivity index (χ1v) is 12.3. The summed E-state index contributed by atoms with van der Waals surface area (Å²) in [6.45, 7) is 9.29. The molecule has 8 heteroatoms. The maximum absolute atomic E-state index is 12.8. The van der Waals surface area contributed by atoms with Crippen LogP contribution in [0.15, 0.2) is 35.1 Å². The van der Waals surface area contributed by atoms with Crippen LogP contribution in [-0.2, 0) is 30.9 Å². The smallest absolute Gasteiger partial charge is 0.297 e. The third-order valence-corrected chi connectivity index (χ3v) is 7.05. The summed E-state index contributed by atoms with van der Waals surface area (Å²) < 4.78 is 15.0. The molecule has 0 aliphatic carbocycles. The second-order valence-electron chi connectivity index (χ2n) is 9.64. The van der Waals surface area contributed by atoms with E-state index >= 15 is 0 Å². The summed E-state index contributed by atoms with van der Waals surface area (Å²) in [4.78, 5) is 19.9. The lowest BCUT2D eigenvalue weighted by atomic mass is 9.97. The Morgan fingerprint density at radius 1 is 1.16 bits per heavy atom. The highest BCUT2D eigenvalue weighted by molar-refractivity contribution is 7.85. The highest BCUT2D eigenvalue weighted by Gasteiger charge is 2.20. The molecule has 0 radical (unpaired) electrons. The van der Waals surface area contributed by atoms with Crippen LogP contribution in [0.4, 0.5) is 0 Å². The van der Waals surface area contributed by atoms with E-state index < -0.39 is 10.8 Å². The Kier molecular flexibility index (Phi) is 6.06. The number of aromatic nitrogens is 3. The van der Waals surface area contributed by atoms with E-state index in [2.05, 4.69) is 31.7 Å². The average Bonchev–Trinajstić information content (AvgIpc) is 2.98. The van der Waals surface area contributed by atoms with Crippen molar-refractivity contribution in [3.05, 3.63) is 51.9 Å². The molecule has 1 fully saturated rings. The van der Waals surface area contributed by atoms with E-state index in [1.54, 1.807) is 16.2 Å². The van der Waals surface area contributed by atoms with Crippen LogP contribution < -0.4 is 5.69 Å². The van der Waals surface area contributed by atoms with Gasteiger partial charge in [0, 0.05) is 61.1 Å². The van der Waals surface area contributed by atoms with Gasteiger partial charge in [-0.25, -0.2) is 9.78 Å². The van der Waals surface area contributed by atoms with Gasteiger partial charge in [0.25, 0.3) is 0 Å². The molecule has 0 unspecified atom stereocenters. The van der Waals surface area contributed by atoms with Crippen molar-refractivity contribution in [2.75, 3.05) is 24.6 Å². The minimum absolute atomic E-state index is 0.0415. The number of nitrogens with zero attached hydrogens (tertiary/aromatic N) is 5. The zero-order valence-corrected chi connectivity index (χ0v) is 19.9. The van der Waals surface area contributed by atoms with E-state index in [0.29, 0.717) is 35.0 Å². The second-order valence-corrected chi connectivity index (χ2v) is 11.3. The van der Waals surface area contributed by atoms with Crippen molar-refractivity contribution in [1.29, 1.82) is 5.26 Å². The number of imidazole rings is 1. The van der Waals surface area contributed by atoms with Gasteiger partial charge in [-0.1, -0.05) is 26.8 Å². The van der Waals surface area contributed by atoms with Gasteiger partial charge in [0.2, 0.25) is 0 Å². The quantitative estimate of drug-likeness (QED) is 0.609. The third-order valence-electron chi connectivity index (χ3n) is 5.77. The Balaban J connectivity index is 1.73. The van der Waals surface area contributed by atoms with Gasteiger partial charge in [0.05, 0.1) is 22.8 Å². The summed E-state index contributed by atoms with van der Waals surface area (Å²) in [5, 5.41) is 9.68. The van der Waals surface area contributed by atoms with Crippen LogP contribution in [0.1, 0.15) is 31.9 Å². The van der Waals surface area contributed by atoms with Crippen LogP contribution in [-0.4, -0.2) is 47.8 Å². The van der Waals surface area contributed by atoms with Crippen LogP contribution in [0.3, 0.4) is 0 Å². The SMILES string of the molecule is Cn1c(=O)n(CC(C)(C)C)c2ccc(-c3cc(CN4CCS(=O)CC4)ccc3C#N)nc21. The summed E-state index contributed by atoms with van der Waals surface area (Å²) >= 11 is 0. The number of hydrogen-bond donors (Lipinski definition) is 0. The van der Waals surface area contributed by atoms with Gasteiger partial charge in [-0.15, -0.1) is 0 Å². The molecule has 0 bridgehead atoms. The Morgan fingerprint density at radius 3 is 2.53 bits per heavy atom. The fourth-order valence-corrected chi connectivity index (χ4v) is 5.27. The summed E-state index contributed by atoms with van der Waals surface area (Å²) in [5.41, 5.74) is 4.38. The largest absolute Gasteiger partial charge is 0.330 e. The van der Waals surface area contributed by atoms with Gasteiger partial charge in [-0.3, -0.25) is 18.2 Å². The van der Waals surface area contributed by atoms with Crippen molar-refractivity contribution in [2.24, 2.45) is 12.5 Å². The molecule has 7 nitrogen and oxygen atoms in total. The van der Waals surface area contributed by atoms with Crippen molar-refractivity contribution < 1.29 is 4.21 Å². The molecule has 0 N–H and O–H groups in total. The molecule has 168 valence electrons. The fourth-order valence-electron chi connectivity index (χ4n) is 4.14. The van der Waals surface area contributed by atoms with E-state index in [0.717, 1.165) is 36.3 Å². The zero-order valence-electron chi connectivity index (χ0n) is 19.1. The first kappa shape index (κ1) is 22.4. The summed E-state index contributed by atoms with van der Waals surface area (Å²) in [6.07, 6.45) is 0. The first-order chi connectivity index (χ1) is 15.2. The normalized spacial score (nSPS) is 15.8. The molecule has 1 saturated heterocycles. The van der Waals surface area contributed by atoms with E-state index in [4.69, 9.17) is 4.98 Å². The average molecular weight is 452 g/mol. The van der Waals surface area contributed by atoms with E-state index in [-0.39, 0.29) is 11.1 Å². The standard InChI is InChI=1S/C24H29N5O2S/c1-24(2,3)16-29-21-8-7-20(26-22(21)27(4)23(29)30)19-13-17(5-6-18(19)14-25)15-28-9-11-32(31)12-10-28/h5-8,13H,9-12,15-16H2,1-4H3. The molecule has 4 rings (SSSR count). The molecule has 0 spiro atoms. The highest BCUT2D eigenvalue weighted by atomic mass is 32.2. The lowest BCUT2D eigenvalue weighted by Crippen LogP contribution is -2.37. The predicted octanol–water partition coefficient (Wildman–Crippen LogP) is 2.88. The molecule has 0 atom stereocenters. The van der Waals surface area contributed by atoms with Crippen molar-refractivity contribution in [3.63, 3.8) is 0 Å². The van der Waals surface area contributed by atoms with Gasteiger partial charge in [0.1, 0.15) is 0 Å². The van der Waals surface area contributed by atoms with Gasteiger partial charge >= 0.3 is 5.69 Å². The Morgan fingerprint density at radius 2 is 1.88 bits per heavy atom. The van der Waals surface area contributed by atoms with Crippen LogP contribution >= 0.6 is 0 Å². The number of fused-ring (bicyclic) bond motifs is 1. The summed E-state index contributed by atoms with van der Waals surface area (Å²) in [6, 6.07) is 11.9. The molecule has 3 heterocycles. The van der Waals surface area contributed by atoms with E-state index in [9.17, 15) is 14.3 Å². The van der Waals surface area contributed by atoms with Crippen molar-refractivity contribution in [1.82, 2.24) is 19.0 Å². The van der Waals surface area contributed by atoms with Gasteiger partial charge in [-0.2, -0.15) is 5.26 Å². The van der Waals surface area contributed by atoms with Crippen LogP contribution in [0.2, 0.25) is 0 Å². The molecule has 3 aromatic rings. The first-order valence-electron chi connectivity index (χ1n) is 10.8. The zero-order chi connectivity index (χ0) is 23.0. The number of hydrogen-bond acceptors (Lipinski definition) is 5. The van der Waals surface area contributed by atoms with E-state index in [1.165, 1.54) is 0 Å². The van der Waals surface area contributed by atoms with Crippen LogP contribution in [0.25, 0.3) is 22.4 Å². The lowest BCUT2D eigenvalue weighted by molar-refractivity contribution is 0.291. The van der Waals surface area contributed by atoms with Crippen molar-refractivity contribution in [3.8, 4) is 17.3 Å². The number of rotatable bonds is 4. The summed E-state index contributed by atoms with van der Waals surface area (Å²) in [5.74, 6) is 1.42. The molecular weight excluding hydrogens is 422 g/mol. The van der Waals surface area contributed by atoms with Gasteiger partial charge in [0.15, 0.2) is 5.65 Å². The lowest BCUT2D eigenvalue weighted by Gasteiger charge is -2.26. The van der Waals surface area contributed by atoms with Crippen molar-refractivity contribution in [2.45, 2.75) is 33.9 Å². The highest BCUT2D eigenvalue weighted by Crippen LogP contribution is 2.27. The van der Waals surface area contributed by atoms with Gasteiger partial charge < -0.3 is 0 Å². The maximum atomic E-state index is 12.8. The van der Waals surface area contributed by atoms with Crippen LogP contribution in [0.5, 0.6) is 0 Å². The topological polar surface area (TPSA) is 83.9 Å². The predicted molar refractivity (Wildman–Crippen MR) is 128 cm³/mol. The molecule has 32 heavy (non-hydrogen) atoms. The monoisotopic (exact) mass is 451 g/mol. The fraction of sp³-hybridized carbons (Fsp3) is 0.458. The number of nitriles is 1. The number of benzene rings is 1. The minimum Gasteiger partial charge on any atom is -0.297 e. The Labute approximate surface area is 190 Å². The van der Waals surface area contributed by atoms with Gasteiger partial charge in [-0.05, 0) is 35.2 Å². The minimum atomic E-state index is -0.705. The molecule has 1 aliphatic rings. The maximum Gasteiger partial charge on any atom is 0.330 e. The molecule has 1 aromatic carbocycles. The Hall–Kier alpha value is -2.76. The molecule has 0 saturated carbocycles. The van der Waals surface area contributed by atoms with E-state index in [1.807, 2.05) is 30.3 Å². The van der Waals surface area contributed by atoms with Crippen molar-refractivity contribution >= 4 is 22.0 Å².